The van der Waals surface area contributed by atoms with E-state index >= 15 is 0 Å². The van der Waals surface area contributed by atoms with Crippen molar-refractivity contribution in [1.82, 2.24) is 15.1 Å². The van der Waals surface area contributed by atoms with Crippen LogP contribution in [0.15, 0.2) is 0 Å². The van der Waals surface area contributed by atoms with Gasteiger partial charge in [0.25, 0.3) is 0 Å². The summed E-state index contributed by atoms with van der Waals surface area (Å²) in [6, 6.07) is 0.0563. The summed E-state index contributed by atoms with van der Waals surface area (Å²) in [7, 11) is 1.62. The van der Waals surface area contributed by atoms with E-state index in [1.54, 1.807) is 7.11 Å². The van der Waals surface area contributed by atoms with Gasteiger partial charge in [-0.3, -0.25) is 14.5 Å². The van der Waals surface area contributed by atoms with E-state index in [9.17, 15) is 9.59 Å². The maximum atomic E-state index is 12.8. The van der Waals surface area contributed by atoms with Gasteiger partial charge < -0.3 is 20.7 Å². The first-order valence-electron chi connectivity index (χ1n) is 9.12. The van der Waals surface area contributed by atoms with Crippen LogP contribution in [0.3, 0.4) is 0 Å². The van der Waals surface area contributed by atoms with E-state index in [-0.39, 0.29) is 48.6 Å². The Morgan fingerprint density at radius 1 is 1.12 bits per heavy atom. The quantitative estimate of drug-likeness (QED) is 0.606. The molecule has 3 rings (SSSR count). The lowest BCUT2D eigenvalue weighted by atomic mass is 9.84. The Hall–Kier alpha value is -0.600. The van der Waals surface area contributed by atoms with Crippen LogP contribution in [0.4, 0.5) is 0 Å². The fourth-order valence-corrected chi connectivity index (χ4v) is 4.59. The molecule has 152 valence electrons. The Labute approximate surface area is 168 Å². The van der Waals surface area contributed by atoms with Gasteiger partial charge in [-0.25, -0.2) is 0 Å². The molecular weight excluding hydrogens is 379 g/mol. The van der Waals surface area contributed by atoms with Crippen LogP contribution in [0, 0.1) is 17.8 Å². The highest BCUT2D eigenvalue weighted by Crippen LogP contribution is 2.48. The molecule has 4 unspecified atom stereocenters. The second-order valence-electron chi connectivity index (χ2n) is 7.38. The average molecular weight is 411 g/mol. The van der Waals surface area contributed by atoms with Crippen LogP contribution in [0.2, 0.25) is 0 Å². The summed E-state index contributed by atoms with van der Waals surface area (Å²) in [6.07, 6.45) is 3.50. The van der Waals surface area contributed by atoms with Gasteiger partial charge >= 0.3 is 0 Å². The van der Waals surface area contributed by atoms with Crippen molar-refractivity contribution in [2.24, 2.45) is 23.5 Å². The summed E-state index contributed by atoms with van der Waals surface area (Å²) < 4.78 is 4.92. The molecule has 2 aliphatic carbocycles. The fraction of sp³-hybridized carbons (Fsp3) is 0.882. The predicted octanol–water partition coefficient (Wildman–Crippen LogP) is 0.110. The minimum absolute atomic E-state index is 0. The maximum absolute atomic E-state index is 12.8. The Kier molecular flexibility index (Phi) is 9.61. The number of rotatable bonds is 6. The van der Waals surface area contributed by atoms with Gasteiger partial charge in [0, 0.05) is 45.9 Å². The van der Waals surface area contributed by atoms with Gasteiger partial charge in [-0.15, -0.1) is 24.8 Å². The highest BCUT2D eigenvalue weighted by atomic mass is 35.5. The van der Waals surface area contributed by atoms with Crippen molar-refractivity contribution < 1.29 is 14.3 Å². The number of nitrogens with zero attached hydrogens (tertiary/aromatic N) is 2. The molecule has 3 N–H and O–H groups in total. The smallest absolute Gasteiger partial charge is 0.234 e. The highest BCUT2D eigenvalue weighted by molar-refractivity contribution is 5.85. The number of amides is 2. The molecule has 9 heteroatoms. The van der Waals surface area contributed by atoms with E-state index in [0.29, 0.717) is 44.6 Å². The molecule has 1 saturated heterocycles. The van der Waals surface area contributed by atoms with Gasteiger partial charge in [-0.05, 0) is 31.1 Å². The number of halogens is 2. The SMILES string of the molecule is COCCNC(=O)CN1CCN(C(=O)C2C3CCC(C3)C2N)CC1.Cl.Cl. The molecular formula is C17H32Cl2N4O3. The Morgan fingerprint density at radius 3 is 2.35 bits per heavy atom. The van der Waals surface area contributed by atoms with E-state index < -0.39 is 0 Å². The van der Waals surface area contributed by atoms with Crippen molar-refractivity contribution >= 4 is 36.6 Å². The van der Waals surface area contributed by atoms with Crippen LogP contribution >= 0.6 is 24.8 Å². The van der Waals surface area contributed by atoms with Crippen molar-refractivity contribution in [3.8, 4) is 0 Å². The number of nitrogens with one attached hydrogen (secondary N) is 1. The van der Waals surface area contributed by atoms with Crippen LogP contribution in [-0.4, -0.2) is 80.6 Å². The summed E-state index contributed by atoms with van der Waals surface area (Å²) >= 11 is 0. The third-order valence-electron chi connectivity index (χ3n) is 5.95. The molecule has 1 aliphatic heterocycles. The van der Waals surface area contributed by atoms with Crippen molar-refractivity contribution in [2.45, 2.75) is 25.3 Å². The molecule has 2 saturated carbocycles. The number of fused-ring (bicyclic) bond motifs is 2. The molecule has 0 aromatic carbocycles. The second-order valence-corrected chi connectivity index (χ2v) is 7.38. The fourth-order valence-electron chi connectivity index (χ4n) is 4.59. The van der Waals surface area contributed by atoms with Gasteiger partial charge in [0.15, 0.2) is 0 Å². The molecule has 4 atom stereocenters. The third-order valence-corrected chi connectivity index (χ3v) is 5.95. The second kappa shape index (κ2) is 10.7. The van der Waals surface area contributed by atoms with E-state index in [0.717, 1.165) is 25.9 Å². The van der Waals surface area contributed by atoms with Crippen LogP contribution < -0.4 is 11.1 Å². The molecule has 2 bridgehead atoms. The third kappa shape index (κ3) is 5.23. The molecule has 3 aliphatic rings. The molecule has 0 spiro atoms. The zero-order chi connectivity index (χ0) is 17.1. The molecule has 1 heterocycles. The number of methoxy groups -OCH3 is 1. The summed E-state index contributed by atoms with van der Waals surface area (Å²) in [5.74, 6) is 1.36. The lowest BCUT2D eigenvalue weighted by molar-refractivity contribution is -0.139. The molecule has 0 aromatic heterocycles. The maximum Gasteiger partial charge on any atom is 0.234 e. The molecule has 0 aromatic rings. The molecule has 7 nitrogen and oxygen atoms in total. The minimum atomic E-state index is 0. The Bertz CT molecular complexity index is 473. The van der Waals surface area contributed by atoms with Crippen LogP contribution in [-0.2, 0) is 14.3 Å². The van der Waals surface area contributed by atoms with Crippen LogP contribution in [0.1, 0.15) is 19.3 Å². The summed E-state index contributed by atoms with van der Waals surface area (Å²) in [6.45, 7) is 4.35. The number of ether oxygens (including phenoxy) is 1. The summed E-state index contributed by atoms with van der Waals surface area (Å²) in [5, 5.41) is 2.83. The molecule has 3 fully saturated rings. The number of carbonyl (C=O) groups is 2. The summed E-state index contributed by atoms with van der Waals surface area (Å²) in [5.41, 5.74) is 6.30. The van der Waals surface area contributed by atoms with Gasteiger partial charge in [0.2, 0.25) is 11.8 Å². The topological polar surface area (TPSA) is 87.9 Å². The first-order chi connectivity index (χ1) is 11.6. The lowest BCUT2D eigenvalue weighted by Gasteiger charge is -2.38. The number of piperazine rings is 1. The number of hydrogen-bond acceptors (Lipinski definition) is 5. The summed E-state index contributed by atoms with van der Waals surface area (Å²) in [4.78, 5) is 28.7. The van der Waals surface area contributed by atoms with E-state index in [2.05, 4.69) is 10.2 Å². The van der Waals surface area contributed by atoms with Gasteiger partial charge in [0.05, 0.1) is 19.1 Å². The molecule has 2 amide bonds. The van der Waals surface area contributed by atoms with E-state index in [1.165, 1.54) is 6.42 Å². The zero-order valence-electron chi connectivity index (χ0n) is 15.4. The Balaban J connectivity index is 0.00000169. The van der Waals surface area contributed by atoms with E-state index in [4.69, 9.17) is 10.5 Å². The van der Waals surface area contributed by atoms with Gasteiger partial charge in [-0.2, -0.15) is 0 Å². The van der Waals surface area contributed by atoms with Gasteiger partial charge in [-0.1, -0.05) is 0 Å². The standard InChI is InChI=1S/C17H30N4O3.2ClH/c1-24-9-4-19-14(22)11-20-5-7-21(8-6-20)17(23)15-12-2-3-13(10-12)16(15)18;;/h12-13,15-16H,2-11,18H2,1H3,(H,19,22);2*1H. The van der Waals surface area contributed by atoms with Crippen molar-refractivity contribution in [3.63, 3.8) is 0 Å². The van der Waals surface area contributed by atoms with Crippen molar-refractivity contribution in [3.05, 3.63) is 0 Å². The number of hydrogen-bond donors (Lipinski definition) is 2. The molecule has 26 heavy (non-hydrogen) atoms. The Morgan fingerprint density at radius 2 is 1.77 bits per heavy atom. The average Bonchev–Trinajstić information content (AvgIpc) is 3.16. The normalized spacial score (nSPS) is 30.5. The largest absolute Gasteiger partial charge is 0.383 e. The van der Waals surface area contributed by atoms with E-state index in [1.807, 2.05) is 4.90 Å². The molecule has 0 radical (unpaired) electrons. The van der Waals surface area contributed by atoms with Crippen LogP contribution in [0.5, 0.6) is 0 Å². The van der Waals surface area contributed by atoms with Crippen molar-refractivity contribution in [2.75, 3.05) is 53.0 Å². The monoisotopic (exact) mass is 410 g/mol. The zero-order valence-corrected chi connectivity index (χ0v) is 17.0. The minimum Gasteiger partial charge on any atom is -0.383 e. The van der Waals surface area contributed by atoms with Crippen LogP contribution in [0.25, 0.3) is 0 Å². The lowest BCUT2D eigenvalue weighted by Crippen LogP contribution is -2.55. The van der Waals surface area contributed by atoms with Gasteiger partial charge in [0.1, 0.15) is 0 Å². The number of nitrogens with two attached hydrogens (primary N) is 1. The first kappa shape index (κ1) is 23.4. The van der Waals surface area contributed by atoms with Crippen molar-refractivity contribution in [1.29, 1.82) is 0 Å². The number of carbonyl (C=O) groups excluding carboxylic acids is 2. The first-order valence-corrected chi connectivity index (χ1v) is 9.12. The highest BCUT2D eigenvalue weighted by Gasteiger charge is 2.50. The predicted molar refractivity (Wildman–Crippen MR) is 105 cm³/mol.